The standard InChI is InChI=1S/C28H31NO4/c1-31-24-11-12-25-27(18-24)33-19-26(21-5-4-6-22(30)17-21)28(25)20-7-9-23(10-8-20)32-16-15-29-13-2-3-14-29/h4-12,17-18,26,28,30H,2-3,13-16,19H2,1H3/t26-,28-/m0/s1. The van der Waals surface area contributed by atoms with Gasteiger partial charge in [-0.2, -0.15) is 0 Å². The number of hydrogen-bond donors (Lipinski definition) is 1. The smallest absolute Gasteiger partial charge is 0.126 e. The molecule has 5 rings (SSSR count). The maximum Gasteiger partial charge on any atom is 0.126 e. The number of fused-ring (bicyclic) bond motifs is 1. The quantitative estimate of drug-likeness (QED) is 0.543. The third-order valence-electron chi connectivity index (χ3n) is 6.79. The van der Waals surface area contributed by atoms with E-state index in [-0.39, 0.29) is 17.6 Å². The largest absolute Gasteiger partial charge is 0.508 e. The van der Waals surface area contributed by atoms with Crippen molar-refractivity contribution in [2.45, 2.75) is 24.7 Å². The summed E-state index contributed by atoms with van der Waals surface area (Å²) < 4.78 is 17.6. The lowest BCUT2D eigenvalue weighted by Crippen LogP contribution is -2.25. The molecule has 0 unspecified atom stereocenters. The predicted molar refractivity (Wildman–Crippen MR) is 129 cm³/mol. The summed E-state index contributed by atoms with van der Waals surface area (Å²) in [7, 11) is 1.67. The molecule has 2 aliphatic rings. The highest BCUT2D eigenvalue weighted by molar-refractivity contribution is 5.51. The van der Waals surface area contributed by atoms with Crippen molar-refractivity contribution >= 4 is 0 Å². The van der Waals surface area contributed by atoms with Gasteiger partial charge in [0, 0.05) is 30.0 Å². The van der Waals surface area contributed by atoms with Crippen LogP contribution >= 0.6 is 0 Å². The minimum absolute atomic E-state index is 0.0833. The molecule has 2 heterocycles. The van der Waals surface area contributed by atoms with Crippen LogP contribution in [0.25, 0.3) is 0 Å². The van der Waals surface area contributed by atoms with Gasteiger partial charge < -0.3 is 19.3 Å². The Labute approximate surface area is 195 Å². The first-order valence-electron chi connectivity index (χ1n) is 11.8. The molecular formula is C28H31NO4. The van der Waals surface area contributed by atoms with E-state index in [2.05, 4.69) is 41.3 Å². The van der Waals surface area contributed by atoms with Crippen LogP contribution in [0.1, 0.15) is 41.4 Å². The topological polar surface area (TPSA) is 51.2 Å². The summed E-state index contributed by atoms with van der Waals surface area (Å²) in [6.45, 7) is 4.60. The van der Waals surface area contributed by atoms with E-state index in [0.29, 0.717) is 13.2 Å². The Balaban J connectivity index is 1.41. The number of hydrogen-bond acceptors (Lipinski definition) is 5. The Morgan fingerprint density at radius 3 is 2.48 bits per heavy atom. The second-order valence-electron chi connectivity index (χ2n) is 8.86. The van der Waals surface area contributed by atoms with Crippen molar-refractivity contribution in [1.82, 2.24) is 4.90 Å². The zero-order valence-electron chi connectivity index (χ0n) is 19.1. The van der Waals surface area contributed by atoms with Crippen molar-refractivity contribution in [3.63, 3.8) is 0 Å². The lowest BCUT2D eigenvalue weighted by Gasteiger charge is -2.34. The molecule has 2 atom stereocenters. The van der Waals surface area contributed by atoms with Crippen molar-refractivity contribution in [3.8, 4) is 23.0 Å². The molecule has 0 radical (unpaired) electrons. The van der Waals surface area contributed by atoms with E-state index >= 15 is 0 Å². The molecule has 0 aliphatic carbocycles. The number of phenolic OH excluding ortho intramolecular Hbond substituents is 1. The Morgan fingerprint density at radius 2 is 1.73 bits per heavy atom. The molecular weight excluding hydrogens is 414 g/mol. The van der Waals surface area contributed by atoms with Crippen LogP contribution in [0.4, 0.5) is 0 Å². The number of nitrogens with zero attached hydrogens (tertiary/aromatic N) is 1. The fraction of sp³-hybridized carbons (Fsp3) is 0.357. The first-order chi connectivity index (χ1) is 16.2. The third kappa shape index (κ3) is 4.79. The molecule has 1 fully saturated rings. The number of likely N-dealkylation sites (tertiary alicyclic amines) is 1. The summed E-state index contributed by atoms with van der Waals surface area (Å²) in [5.74, 6) is 2.98. The lowest BCUT2D eigenvalue weighted by molar-refractivity contribution is 0.237. The molecule has 0 bridgehead atoms. The second kappa shape index (κ2) is 9.75. The van der Waals surface area contributed by atoms with E-state index in [9.17, 15) is 5.11 Å². The van der Waals surface area contributed by atoms with E-state index in [1.807, 2.05) is 24.3 Å². The Hall–Kier alpha value is -3.18. The molecule has 3 aromatic carbocycles. The number of ether oxygens (including phenoxy) is 3. The number of aromatic hydroxyl groups is 1. The van der Waals surface area contributed by atoms with E-state index < -0.39 is 0 Å². The Morgan fingerprint density at radius 1 is 0.939 bits per heavy atom. The molecule has 3 aromatic rings. The first kappa shape index (κ1) is 21.7. The van der Waals surface area contributed by atoms with Gasteiger partial charge in [0.1, 0.15) is 29.6 Å². The zero-order valence-corrected chi connectivity index (χ0v) is 19.1. The second-order valence-corrected chi connectivity index (χ2v) is 8.86. The highest BCUT2D eigenvalue weighted by atomic mass is 16.5. The molecule has 0 amide bonds. The van der Waals surface area contributed by atoms with Gasteiger partial charge in [-0.25, -0.2) is 0 Å². The predicted octanol–water partition coefficient (Wildman–Crippen LogP) is 5.18. The van der Waals surface area contributed by atoms with E-state index in [1.165, 1.54) is 31.5 Å². The van der Waals surface area contributed by atoms with Gasteiger partial charge in [-0.15, -0.1) is 0 Å². The molecule has 2 aliphatic heterocycles. The maximum absolute atomic E-state index is 10.1. The van der Waals surface area contributed by atoms with E-state index in [4.69, 9.17) is 14.2 Å². The summed E-state index contributed by atoms with van der Waals surface area (Å²) in [6.07, 6.45) is 2.60. The number of rotatable bonds is 7. The zero-order chi connectivity index (χ0) is 22.6. The molecule has 0 spiro atoms. The number of benzene rings is 3. The molecule has 5 nitrogen and oxygen atoms in total. The van der Waals surface area contributed by atoms with Crippen LogP contribution in [0.5, 0.6) is 23.0 Å². The SMILES string of the molecule is COc1ccc2c(c1)OC[C@@H](c1cccc(O)c1)[C@H]2c1ccc(OCCN2CCCC2)cc1. The van der Waals surface area contributed by atoms with Gasteiger partial charge in [0.15, 0.2) is 0 Å². The highest BCUT2D eigenvalue weighted by Crippen LogP contribution is 2.47. The molecule has 0 aromatic heterocycles. The van der Waals surface area contributed by atoms with Crippen molar-refractivity contribution in [1.29, 1.82) is 0 Å². The maximum atomic E-state index is 10.1. The van der Waals surface area contributed by atoms with Crippen LogP contribution in [0.3, 0.4) is 0 Å². The molecule has 172 valence electrons. The van der Waals surface area contributed by atoms with Crippen molar-refractivity contribution in [3.05, 3.63) is 83.4 Å². The monoisotopic (exact) mass is 445 g/mol. The van der Waals surface area contributed by atoms with Crippen molar-refractivity contribution < 1.29 is 19.3 Å². The summed E-state index contributed by atoms with van der Waals surface area (Å²) in [5.41, 5.74) is 3.38. The summed E-state index contributed by atoms with van der Waals surface area (Å²) in [4.78, 5) is 2.46. The van der Waals surface area contributed by atoms with Gasteiger partial charge >= 0.3 is 0 Å². The fourth-order valence-electron chi connectivity index (χ4n) is 5.04. The molecule has 1 N–H and O–H groups in total. The fourth-order valence-corrected chi connectivity index (χ4v) is 5.04. The van der Waals surface area contributed by atoms with Gasteiger partial charge in [-0.3, -0.25) is 4.90 Å². The van der Waals surface area contributed by atoms with Gasteiger partial charge in [0.2, 0.25) is 0 Å². The molecule has 1 saturated heterocycles. The number of phenols is 1. The first-order valence-corrected chi connectivity index (χ1v) is 11.8. The lowest BCUT2D eigenvalue weighted by atomic mass is 9.76. The van der Waals surface area contributed by atoms with E-state index in [0.717, 1.165) is 34.9 Å². The third-order valence-corrected chi connectivity index (χ3v) is 6.79. The van der Waals surface area contributed by atoms with Crippen LogP contribution in [0.2, 0.25) is 0 Å². The average molecular weight is 446 g/mol. The van der Waals surface area contributed by atoms with Gasteiger partial charge in [-0.05, 0) is 67.4 Å². The summed E-state index contributed by atoms with van der Waals surface area (Å²) in [5, 5.41) is 10.1. The summed E-state index contributed by atoms with van der Waals surface area (Å²) in [6, 6.07) is 22.0. The van der Waals surface area contributed by atoms with Gasteiger partial charge in [-0.1, -0.05) is 30.3 Å². The van der Waals surface area contributed by atoms with Crippen LogP contribution in [-0.4, -0.2) is 50.0 Å². The van der Waals surface area contributed by atoms with Gasteiger partial charge in [0.25, 0.3) is 0 Å². The summed E-state index contributed by atoms with van der Waals surface area (Å²) >= 11 is 0. The van der Waals surface area contributed by atoms with Gasteiger partial charge in [0.05, 0.1) is 13.7 Å². The number of methoxy groups -OCH3 is 1. The van der Waals surface area contributed by atoms with E-state index in [1.54, 1.807) is 13.2 Å². The van der Waals surface area contributed by atoms with Crippen LogP contribution < -0.4 is 14.2 Å². The minimum atomic E-state index is 0.0833. The van der Waals surface area contributed by atoms with Crippen LogP contribution in [-0.2, 0) is 0 Å². The van der Waals surface area contributed by atoms with Crippen molar-refractivity contribution in [2.75, 3.05) is 40.0 Å². The Bertz CT molecular complexity index is 1080. The molecule has 5 heteroatoms. The Kier molecular flexibility index (Phi) is 6.40. The highest BCUT2D eigenvalue weighted by Gasteiger charge is 2.34. The minimum Gasteiger partial charge on any atom is -0.508 e. The average Bonchev–Trinajstić information content (AvgIpc) is 3.37. The van der Waals surface area contributed by atoms with Crippen molar-refractivity contribution in [2.24, 2.45) is 0 Å². The normalized spacial score (nSPS) is 20.2. The molecule has 33 heavy (non-hydrogen) atoms. The molecule has 0 saturated carbocycles. The van der Waals surface area contributed by atoms with Crippen LogP contribution in [0, 0.1) is 0 Å². The van der Waals surface area contributed by atoms with Crippen LogP contribution in [0.15, 0.2) is 66.7 Å².